The van der Waals surface area contributed by atoms with Crippen LogP contribution in [-0.2, 0) is 0 Å². The van der Waals surface area contributed by atoms with Gasteiger partial charge in [0.05, 0.1) is 16.6 Å². The van der Waals surface area contributed by atoms with Crippen LogP contribution in [0.3, 0.4) is 0 Å². The molecule has 0 fully saturated rings. The molecule has 0 atom stereocenters. The molecule has 0 saturated heterocycles. The molecule has 4 aromatic rings. The highest BCUT2D eigenvalue weighted by atomic mass is 16.4. The van der Waals surface area contributed by atoms with E-state index in [1.54, 1.807) is 18.2 Å². The maximum Gasteiger partial charge on any atom is 0.335 e. The minimum Gasteiger partial charge on any atom is -0.478 e. The van der Waals surface area contributed by atoms with Gasteiger partial charge in [0.15, 0.2) is 5.82 Å². The zero-order chi connectivity index (χ0) is 19.1. The first-order valence-electron chi connectivity index (χ1n) is 8.79. The molecule has 136 valence electrons. The Hall–Kier alpha value is -3.41. The number of aromatic carboxylic acids is 1. The lowest BCUT2D eigenvalue weighted by atomic mass is 10.1. The highest BCUT2D eigenvalue weighted by Gasteiger charge is 2.18. The van der Waals surface area contributed by atoms with Gasteiger partial charge < -0.3 is 15.0 Å². The van der Waals surface area contributed by atoms with Gasteiger partial charge in [-0.2, -0.15) is 0 Å². The summed E-state index contributed by atoms with van der Waals surface area (Å²) in [6, 6.07) is 13.2. The van der Waals surface area contributed by atoms with Gasteiger partial charge in [0.1, 0.15) is 5.69 Å². The third kappa shape index (κ3) is 2.99. The number of carboxylic acid groups (broad SMARTS) is 1. The second-order valence-corrected chi connectivity index (χ2v) is 6.89. The molecule has 2 N–H and O–H groups in total. The van der Waals surface area contributed by atoms with Crippen LogP contribution >= 0.6 is 0 Å². The zero-order valence-electron chi connectivity index (χ0n) is 15.4. The molecule has 4 rings (SSSR count). The van der Waals surface area contributed by atoms with Gasteiger partial charge in [-0.25, -0.2) is 14.8 Å². The predicted molar refractivity (Wildman–Crippen MR) is 107 cm³/mol. The predicted octanol–water partition coefficient (Wildman–Crippen LogP) is 4.32. The Kier molecular flexibility index (Phi) is 4.03. The van der Waals surface area contributed by atoms with E-state index in [-0.39, 0.29) is 11.6 Å². The van der Waals surface area contributed by atoms with Crippen molar-refractivity contribution in [3.05, 3.63) is 54.2 Å². The average molecular weight is 360 g/mol. The molecular weight excluding hydrogens is 340 g/mol. The van der Waals surface area contributed by atoms with E-state index in [0.29, 0.717) is 11.0 Å². The molecule has 0 unspecified atom stereocenters. The molecule has 2 heterocycles. The van der Waals surface area contributed by atoms with Gasteiger partial charge in [0.2, 0.25) is 0 Å². The first-order chi connectivity index (χ1) is 12.9. The van der Waals surface area contributed by atoms with Crippen LogP contribution in [0, 0.1) is 0 Å². The van der Waals surface area contributed by atoms with E-state index in [0.717, 1.165) is 28.0 Å². The largest absolute Gasteiger partial charge is 0.478 e. The first-order valence-corrected chi connectivity index (χ1v) is 8.79. The fourth-order valence-electron chi connectivity index (χ4n) is 3.06. The summed E-state index contributed by atoms with van der Waals surface area (Å²) in [5, 5.41) is 10.4. The Morgan fingerprint density at radius 3 is 2.63 bits per heavy atom. The number of fused-ring (bicyclic) bond motifs is 2. The fraction of sp³-hybridized carbons (Fsp3) is 0.190. The topological polar surface area (TPSA) is 82.1 Å². The second-order valence-electron chi connectivity index (χ2n) is 6.89. The highest BCUT2D eigenvalue weighted by molar-refractivity contribution is 5.94. The number of rotatable bonds is 4. The lowest BCUT2D eigenvalue weighted by Gasteiger charge is -2.25. The van der Waals surface area contributed by atoms with E-state index >= 15 is 0 Å². The van der Waals surface area contributed by atoms with Crippen molar-refractivity contribution < 1.29 is 9.90 Å². The molecule has 0 spiro atoms. The van der Waals surface area contributed by atoms with Crippen molar-refractivity contribution in [1.29, 1.82) is 0 Å². The van der Waals surface area contributed by atoms with Gasteiger partial charge >= 0.3 is 5.97 Å². The monoisotopic (exact) mass is 360 g/mol. The van der Waals surface area contributed by atoms with Gasteiger partial charge in [0.25, 0.3) is 0 Å². The first kappa shape index (κ1) is 17.0. The molecule has 0 bridgehead atoms. The molecule has 0 aliphatic rings. The molecule has 6 nitrogen and oxygen atoms in total. The van der Waals surface area contributed by atoms with Crippen LogP contribution in [0.15, 0.2) is 48.7 Å². The third-order valence-corrected chi connectivity index (χ3v) is 4.83. The number of aromatic nitrogens is 3. The number of anilines is 1. The molecule has 0 radical (unpaired) electrons. The number of H-pyrrole nitrogens is 1. The van der Waals surface area contributed by atoms with Gasteiger partial charge in [-0.15, -0.1) is 0 Å². The summed E-state index contributed by atoms with van der Waals surface area (Å²) in [6.07, 6.45) is 1.91. The van der Waals surface area contributed by atoms with Crippen LogP contribution in [0.1, 0.15) is 24.2 Å². The third-order valence-electron chi connectivity index (χ3n) is 4.83. The van der Waals surface area contributed by atoms with Crippen LogP contribution in [0.5, 0.6) is 0 Å². The van der Waals surface area contributed by atoms with Crippen LogP contribution in [-0.4, -0.2) is 39.1 Å². The molecule has 0 amide bonds. The number of hydrogen-bond acceptors (Lipinski definition) is 4. The summed E-state index contributed by atoms with van der Waals surface area (Å²) >= 11 is 0. The Morgan fingerprint density at radius 2 is 1.89 bits per heavy atom. The minimum atomic E-state index is -0.973. The van der Waals surface area contributed by atoms with E-state index in [1.165, 1.54) is 0 Å². The Bertz CT molecular complexity index is 1160. The Morgan fingerprint density at radius 1 is 1.07 bits per heavy atom. The van der Waals surface area contributed by atoms with Crippen LogP contribution < -0.4 is 4.90 Å². The van der Waals surface area contributed by atoms with Gasteiger partial charge in [-0.3, -0.25) is 0 Å². The van der Waals surface area contributed by atoms with Gasteiger partial charge in [-0.05, 0) is 50.2 Å². The number of carbonyl (C=O) groups is 1. The molecule has 0 saturated carbocycles. The van der Waals surface area contributed by atoms with E-state index in [1.807, 2.05) is 31.4 Å². The Balaban J connectivity index is 1.97. The summed E-state index contributed by atoms with van der Waals surface area (Å²) in [7, 11) is 1.97. The van der Waals surface area contributed by atoms with E-state index < -0.39 is 5.97 Å². The maximum absolute atomic E-state index is 11.3. The lowest BCUT2D eigenvalue weighted by Crippen LogP contribution is -2.27. The normalized spacial score (nSPS) is 11.4. The number of carboxylic acids is 1. The molecule has 0 aliphatic heterocycles. The summed E-state index contributed by atoms with van der Waals surface area (Å²) in [5.41, 5.74) is 4.27. The summed E-state index contributed by atoms with van der Waals surface area (Å²) in [5.74, 6) is -0.241. The van der Waals surface area contributed by atoms with E-state index in [4.69, 9.17) is 9.97 Å². The van der Waals surface area contributed by atoms with Gasteiger partial charge in [-0.1, -0.05) is 6.07 Å². The zero-order valence-corrected chi connectivity index (χ0v) is 15.4. The molecule has 6 heteroatoms. The van der Waals surface area contributed by atoms with Crippen molar-refractivity contribution in [1.82, 2.24) is 15.0 Å². The molecule has 2 aromatic heterocycles. The van der Waals surface area contributed by atoms with Crippen molar-refractivity contribution in [3.8, 4) is 11.3 Å². The number of nitrogens with zero attached hydrogens (tertiary/aromatic N) is 3. The smallest absolute Gasteiger partial charge is 0.335 e. The van der Waals surface area contributed by atoms with E-state index in [2.05, 4.69) is 29.8 Å². The number of benzene rings is 2. The van der Waals surface area contributed by atoms with Crippen molar-refractivity contribution >= 4 is 33.7 Å². The van der Waals surface area contributed by atoms with Crippen molar-refractivity contribution in [2.75, 3.05) is 11.9 Å². The molecule has 0 aliphatic carbocycles. The van der Waals surface area contributed by atoms with E-state index in [9.17, 15) is 9.90 Å². The fourth-order valence-corrected chi connectivity index (χ4v) is 3.06. The standard InChI is InChI=1S/C21H20N4O2/c1-12(2)25(3)20-19(14-4-6-16-13(10-14)8-9-22-16)23-17-7-5-15(21(26)27)11-18(17)24-20/h4-12,22H,1-3H3,(H,26,27). The molecule has 27 heavy (non-hydrogen) atoms. The Labute approximate surface area is 156 Å². The number of aromatic amines is 1. The number of nitrogens with one attached hydrogen (secondary N) is 1. The van der Waals surface area contributed by atoms with Crippen molar-refractivity contribution in [2.24, 2.45) is 0 Å². The SMILES string of the molecule is CC(C)N(C)c1nc2cc(C(=O)O)ccc2nc1-c1ccc2[nH]ccc2c1. The summed E-state index contributed by atoms with van der Waals surface area (Å²) in [4.78, 5) is 26.2. The van der Waals surface area contributed by atoms with Crippen LogP contribution in [0.25, 0.3) is 33.2 Å². The highest BCUT2D eigenvalue weighted by Crippen LogP contribution is 2.32. The average Bonchev–Trinajstić information content (AvgIpc) is 3.13. The number of hydrogen-bond donors (Lipinski definition) is 2. The maximum atomic E-state index is 11.3. The molecular formula is C21H20N4O2. The quantitative estimate of drug-likeness (QED) is 0.566. The summed E-state index contributed by atoms with van der Waals surface area (Å²) < 4.78 is 0. The van der Waals surface area contributed by atoms with Crippen molar-refractivity contribution in [2.45, 2.75) is 19.9 Å². The second kappa shape index (κ2) is 6.39. The van der Waals surface area contributed by atoms with Gasteiger partial charge in [0, 0.05) is 35.8 Å². The minimum absolute atomic E-state index is 0.205. The van der Waals surface area contributed by atoms with Crippen LogP contribution in [0.2, 0.25) is 0 Å². The van der Waals surface area contributed by atoms with Crippen molar-refractivity contribution in [3.63, 3.8) is 0 Å². The summed E-state index contributed by atoms with van der Waals surface area (Å²) in [6.45, 7) is 4.16. The van der Waals surface area contributed by atoms with Crippen LogP contribution in [0.4, 0.5) is 5.82 Å². The molecule has 2 aromatic carbocycles. The lowest BCUT2D eigenvalue weighted by molar-refractivity contribution is 0.0697.